The van der Waals surface area contributed by atoms with Gasteiger partial charge in [0.15, 0.2) is 0 Å². The van der Waals surface area contributed by atoms with Crippen LogP contribution in [0.5, 0.6) is 5.75 Å². The van der Waals surface area contributed by atoms with E-state index in [1.807, 2.05) is 12.1 Å². The summed E-state index contributed by atoms with van der Waals surface area (Å²) in [6.45, 7) is 2.71. The van der Waals surface area contributed by atoms with Crippen molar-refractivity contribution in [3.8, 4) is 5.75 Å². The van der Waals surface area contributed by atoms with Gasteiger partial charge in [0.1, 0.15) is 5.75 Å². The number of rotatable bonds is 2. The van der Waals surface area contributed by atoms with E-state index in [1.54, 1.807) is 0 Å². The molecule has 4 aliphatic rings. The van der Waals surface area contributed by atoms with Crippen LogP contribution < -0.4 is 5.73 Å². The van der Waals surface area contributed by atoms with Crippen molar-refractivity contribution in [1.29, 1.82) is 0 Å². The zero-order chi connectivity index (χ0) is 13.9. The van der Waals surface area contributed by atoms with Gasteiger partial charge in [-0.3, -0.25) is 0 Å². The summed E-state index contributed by atoms with van der Waals surface area (Å²) in [5.41, 5.74) is 10.3. The van der Waals surface area contributed by atoms with Crippen molar-refractivity contribution >= 4 is 0 Å². The van der Waals surface area contributed by atoms with Gasteiger partial charge in [-0.15, -0.1) is 0 Å². The quantitative estimate of drug-likeness (QED) is 0.863. The Labute approximate surface area is 121 Å². The molecular weight excluding hydrogens is 246 g/mol. The van der Waals surface area contributed by atoms with Crippen molar-refractivity contribution < 1.29 is 5.11 Å². The largest absolute Gasteiger partial charge is 0.508 e. The van der Waals surface area contributed by atoms with Crippen molar-refractivity contribution in [2.75, 3.05) is 0 Å². The van der Waals surface area contributed by atoms with E-state index in [9.17, 15) is 5.11 Å². The fourth-order valence-electron chi connectivity index (χ4n) is 6.18. The molecule has 20 heavy (non-hydrogen) atoms. The maximum absolute atomic E-state index is 9.88. The van der Waals surface area contributed by atoms with Crippen molar-refractivity contribution in [3.05, 3.63) is 28.8 Å². The number of nitrogens with two attached hydrogens (primary N) is 1. The number of benzene rings is 1. The van der Waals surface area contributed by atoms with Crippen LogP contribution in [0, 0.1) is 24.7 Å². The standard InChI is InChI=1S/C18H25NO/c1-11-2-16(20)6-15(10-19)17(11)18-7-12-3-13(8-18)5-14(4-12)9-18/h2,6,12-14,20H,3-5,7-10,19H2,1H3. The highest BCUT2D eigenvalue weighted by Gasteiger charge is 2.52. The molecule has 0 radical (unpaired) electrons. The van der Waals surface area contributed by atoms with Crippen LogP contribution in [0.3, 0.4) is 0 Å². The summed E-state index contributed by atoms with van der Waals surface area (Å²) in [7, 11) is 0. The van der Waals surface area contributed by atoms with Crippen LogP contribution in [-0.4, -0.2) is 5.11 Å². The molecule has 2 nitrogen and oxygen atoms in total. The van der Waals surface area contributed by atoms with Crippen molar-refractivity contribution in [2.24, 2.45) is 23.5 Å². The summed E-state index contributed by atoms with van der Waals surface area (Å²) in [5, 5.41) is 9.88. The summed E-state index contributed by atoms with van der Waals surface area (Å²) in [4.78, 5) is 0. The summed E-state index contributed by atoms with van der Waals surface area (Å²) >= 11 is 0. The minimum Gasteiger partial charge on any atom is -0.508 e. The molecule has 4 aliphatic carbocycles. The Hall–Kier alpha value is -1.02. The Balaban J connectivity index is 1.84. The topological polar surface area (TPSA) is 46.2 Å². The van der Waals surface area contributed by atoms with Gasteiger partial charge in [0, 0.05) is 6.54 Å². The van der Waals surface area contributed by atoms with Crippen LogP contribution in [0.4, 0.5) is 0 Å². The Kier molecular flexibility index (Phi) is 2.69. The lowest BCUT2D eigenvalue weighted by Crippen LogP contribution is -2.49. The number of phenols is 1. The molecule has 2 heteroatoms. The highest BCUT2D eigenvalue weighted by molar-refractivity contribution is 5.47. The second kappa shape index (κ2) is 4.24. The lowest BCUT2D eigenvalue weighted by molar-refractivity contribution is -0.00586. The number of phenolic OH excluding ortho intramolecular Hbond substituents is 1. The third-order valence-electron chi connectivity index (χ3n) is 6.19. The highest BCUT2D eigenvalue weighted by Crippen LogP contribution is 2.61. The predicted molar refractivity (Wildman–Crippen MR) is 80.6 cm³/mol. The van der Waals surface area contributed by atoms with Gasteiger partial charge in [0.2, 0.25) is 0 Å². The maximum Gasteiger partial charge on any atom is 0.116 e. The molecule has 0 amide bonds. The van der Waals surface area contributed by atoms with Crippen LogP contribution >= 0.6 is 0 Å². The first-order valence-corrected chi connectivity index (χ1v) is 8.13. The van der Waals surface area contributed by atoms with Crippen molar-refractivity contribution in [3.63, 3.8) is 0 Å². The van der Waals surface area contributed by atoms with E-state index in [1.165, 1.54) is 55.2 Å². The molecule has 4 fully saturated rings. The van der Waals surface area contributed by atoms with Gasteiger partial charge in [0.25, 0.3) is 0 Å². The molecule has 0 heterocycles. The molecule has 1 aromatic rings. The van der Waals surface area contributed by atoms with Gasteiger partial charge in [-0.2, -0.15) is 0 Å². The van der Waals surface area contributed by atoms with Gasteiger partial charge >= 0.3 is 0 Å². The normalized spacial score (nSPS) is 38.4. The number of aryl methyl sites for hydroxylation is 1. The summed E-state index contributed by atoms with van der Waals surface area (Å²) in [6, 6.07) is 3.84. The molecule has 108 valence electrons. The van der Waals surface area contributed by atoms with Crippen LogP contribution in [0.1, 0.15) is 55.2 Å². The molecular formula is C18H25NO. The maximum atomic E-state index is 9.88. The summed E-state index contributed by atoms with van der Waals surface area (Å²) < 4.78 is 0. The van der Waals surface area contributed by atoms with Crippen molar-refractivity contribution in [1.82, 2.24) is 0 Å². The number of aromatic hydroxyl groups is 1. The Bertz CT molecular complexity index is 513. The molecule has 0 aliphatic heterocycles. The van der Waals surface area contributed by atoms with E-state index < -0.39 is 0 Å². The Morgan fingerprint density at radius 3 is 2.15 bits per heavy atom. The molecule has 3 N–H and O–H groups in total. The van der Waals surface area contributed by atoms with E-state index in [4.69, 9.17) is 5.73 Å². The smallest absolute Gasteiger partial charge is 0.116 e. The van der Waals surface area contributed by atoms with E-state index in [0.29, 0.717) is 17.7 Å². The van der Waals surface area contributed by atoms with Crippen LogP contribution in [-0.2, 0) is 12.0 Å². The molecule has 1 aromatic carbocycles. The van der Waals surface area contributed by atoms with E-state index in [-0.39, 0.29) is 0 Å². The van der Waals surface area contributed by atoms with Crippen LogP contribution in [0.25, 0.3) is 0 Å². The summed E-state index contributed by atoms with van der Waals surface area (Å²) in [5.74, 6) is 3.21. The van der Waals surface area contributed by atoms with Crippen LogP contribution in [0.15, 0.2) is 12.1 Å². The summed E-state index contributed by atoms with van der Waals surface area (Å²) in [6.07, 6.45) is 8.48. The third kappa shape index (κ3) is 1.74. The van der Waals surface area contributed by atoms with Crippen LogP contribution in [0.2, 0.25) is 0 Å². The first kappa shape index (κ1) is 12.7. The fourth-order valence-corrected chi connectivity index (χ4v) is 6.18. The zero-order valence-electron chi connectivity index (χ0n) is 12.4. The van der Waals surface area contributed by atoms with Gasteiger partial charge in [-0.1, -0.05) is 0 Å². The van der Waals surface area contributed by atoms with Gasteiger partial charge in [-0.05, 0) is 97.4 Å². The average molecular weight is 271 g/mol. The third-order valence-corrected chi connectivity index (χ3v) is 6.19. The van der Waals surface area contributed by atoms with Crippen molar-refractivity contribution in [2.45, 2.75) is 57.4 Å². The predicted octanol–water partition coefficient (Wildman–Crippen LogP) is 3.63. The molecule has 0 aromatic heterocycles. The van der Waals surface area contributed by atoms with Gasteiger partial charge in [-0.25, -0.2) is 0 Å². The molecule has 5 rings (SSSR count). The average Bonchev–Trinajstić information content (AvgIpc) is 2.35. The first-order chi connectivity index (χ1) is 9.59. The lowest BCUT2D eigenvalue weighted by atomic mass is 9.47. The van der Waals surface area contributed by atoms with Gasteiger partial charge < -0.3 is 10.8 Å². The highest BCUT2D eigenvalue weighted by atomic mass is 16.3. The number of hydrogen-bond acceptors (Lipinski definition) is 2. The SMILES string of the molecule is Cc1cc(O)cc(CN)c1C12CC3CC(CC(C3)C1)C2. The molecule has 4 saturated carbocycles. The monoisotopic (exact) mass is 271 g/mol. The van der Waals surface area contributed by atoms with E-state index in [0.717, 1.165) is 17.8 Å². The minimum atomic E-state index is 0.372. The van der Waals surface area contributed by atoms with E-state index in [2.05, 4.69) is 6.92 Å². The Morgan fingerprint density at radius 2 is 1.65 bits per heavy atom. The zero-order valence-corrected chi connectivity index (χ0v) is 12.4. The number of hydrogen-bond donors (Lipinski definition) is 2. The second-order valence-electron chi connectivity index (χ2n) is 7.70. The molecule has 4 bridgehead atoms. The lowest BCUT2D eigenvalue weighted by Gasteiger charge is -2.57. The fraction of sp³-hybridized carbons (Fsp3) is 0.667. The second-order valence-corrected chi connectivity index (χ2v) is 7.70. The minimum absolute atomic E-state index is 0.372. The first-order valence-electron chi connectivity index (χ1n) is 8.13. The van der Waals surface area contributed by atoms with Gasteiger partial charge in [0.05, 0.1) is 0 Å². The Morgan fingerprint density at radius 1 is 1.10 bits per heavy atom. The molecule has 0 saturated heterocycles. The molecule has 0 spiro atoms. The molecule has 0 atom stereocenters. The van der Waals surface area contributed by atoms with E-state index >= 15 is 0 Å². The molecule has 0 unspecified atom stereocenters.